The Kier molecular flexibility index (Phi) is 4.82. The average molecular weight is 303 g/mol. The molecule has 1 aromatic carbocycles. The number of nitrogens with zero attached hydrogens (tertiary/aromatic N) is 1. The van der Waals surface area contributed by atoms with E-state index >= 15 is 0 Å². The van der Waals surface area contributed by atoms with Gasteiger partial charge in [0, 0.05) is 24.5 Å². The number of benzene rings is 1. The number of nitrogen functional groups attached to an aromatic ring is 1. The van der Waals surface area contributed by atoms with Gasteiger partial charge in [0.1, 0.15) is 5.56 Å². The molecule has 1 amide bonds. The molecule has 0 radical (unpaired) electrons. The summed E-state index contributed by atoms with van der Waals surface area (Å²) in [5.74, 6) is -0.499. The largest absolute Gasteiger partial charge is 0.398 e. The predicted molar refractivity (Wildman–Crippen MR) is 87.0 cm³/mol. The van der Waals surface area contributed by atoms with E-state index in [2.05, 4.69) is 5.32 Å². The quantitative estimate of drug-likeness (QED) is 0.725. The van der Waals surface area contributed by atoms with Crippen LogP contribution in [0.1, 0.15) is 36.7 Å². The van der Waals surface area contributed by atoms with E-state index in [0.717, 1.165) is 11.9 Å². The number of amides is 1. The van der Waals surface area contributed by atoms with Crippen molar-refractivity contribution in [1.82, 2.24) is 9.88 Å². The molecule has 1 atom stereocenters. The summed E-state index contributed by atoms with van der Waals surface area (Å²) in [6, 6.07) is 5.39. The van der Waals surface area contributed by atoms with Crippen molar-refractivity contribution in [3.05, 3.63) is 40.2 Å². The summed E-state index contributed by atoms with van der Waals surface area (Å²) in [5.41, 5.74) is 6.68. The zero-order valence-electron chi connectivity index (χ0n) is 12.8. The summed E-state index contributed by atoms with van der Waals surface area (Å²) in [4.78, 5) is 24.8. The van der Waals surface area contributed by atoms with Gasteiger partial charge in [0.05, 0.1) is 17.5 Å². The van der Waals surface area contributed by atoms with Gasteiger partial charge in [-0.25, -0.2) is 0 Å². The number of nitrogens with one attached hydrogen (secondary N) is 1. The molecule has 0 fully saturated rings. The van der Waals surface area contributed by atoms with Crippen molar-refractivity contribution in [2.45, 2.75) is 26.3 Å². The van der Waals surface area contributed by atoms with Gasteiger partial charge >= 0.3 is 0 Å². The summed E-state index contributed by atoms with van der Waals surface area (Å²) in [6.45, 7) is 3.97. The molecule has 2 aromatic rings. The molecule has 118 valence electrons. The Morgan fingerprint density at radius 2 is 2.18 bits per heavy atom. The molecule has 1 aromatic heterocycles. The molecule has 0 saturated carbocycles. The maximum Gasteiger partial charge on any atom is 0.256 e. The molecule has 0 aliphatic carbocycles. The summed E-state index contributed by atoms with van der Waals surface area (Å²) in [7, 11) is 0. The van der Waals surface area contributed by atoms with Gasteiger partial charge in [-0.15, -0.1) is 0 Å². The molecule has 6 nitrogen and oxygen atoms in total. The van der Waals surface area contributed by atoms with Crippen LogP contribution in [0.5, 0.6) is 0 Å². The van der Waals surface area contributed by atoms with Crippen molar-refractivity contribution in [1.29, 1.82) is 0 Å². The van der Waals surface area contributed by atoms with Gasteiger partial charge < -0.3 is 20.7 Å². The minimum Gasteiger partial charge on any atom is -0.398 e. The Balaban J connectivity index is 2.73. The second-order valence-corrected chi connectivity index (χ2v) is 5.26. The Morgan fingerprint density at radius 1 is 1.45 bits per heavy atom. The lowest BCUT2D eigenvalue weighted by atomic mass is 10.1. The lowest BCUT2D eigenvalue weighted by Crippen LogP contribution is -2.32. The number of hydrogen-bond acceptors (Lipinski definition) is 4. The Morgan fingerprint density at radius 3 is 2.82 bits per heavy atom. The van der Waals surface area contributed by atoms with Crippen LogP contribution in [0.2, 0.25) is 0 Å². The van der Waals surface area contributed by atoms with E-state index in [9.17, 15) is 9.59 Å². The lowest BCUT2D eigenvalue weighted by molar-refractivity contribution is 0.0943. The van der Waals surface area contributed by atoms with Crippen molar-refractivity contribution in [2.75, 3.05) is 18.9 Å². The molecule has 1 heterocycles. The molecule has 6 heteroatoms. The van der Waals surface area contributed by atoms with Gasteiger partial charge in [-0.3, -0.25) is 9.59 Å². The number of carbonyl (C=O) groups excluding carboxylic acids is 1. The number of aliphatic hydroxyl groups is 1. The second-order valence-electron chi connectivity index (χ2n) is 5.26. The summed E-state index contributed by atoms with van der Waals surface area (Å²) >= 11 is 0. The molecule has 2 rings (SSSR count). The van der Waals surface area contributed by atoms with Crippen LogP contribution in [0.3, 0.4) is 0 Å². The Bertz CT molecular complexity index is 752. The third-order valence-electron chi connectivity index (χ3n) is 3.80. The van der Waals surface area contributed by atoms with Crippen molar-refractivity contribution in [3.63, 3.8) is 0 Å². The first-order valence-electron chi connectivity index (χ1n) is 7.33. The average Bonchev–Trinajstić information content (AvgIpc) is 2.52. The number of pyridine rings is 1. The van der Waals surface area contributed by atoms with Crippen LogP contribution in [0.25, 0.3) is 10.9 Å². The van der Waals surface area contributed by atoms with Gasteiger partial charge in [-0.05, 0) is 25.5 Å². The SMILES string of the molecule is CCC(C)n1cc(C(=O)NCCO)c(=O)c2c(N)cccc21. The van der Waals surface area contributed by atoms with Gasteiger partial charge in [0.15, 0.2) is 0 Å². The zero-order valence-corrected chi connectivity index (χ0v) is 12.8. The number of aromatic nitrogens is 1. The molecule has 22 heavy (non-hydrogen) atoms. The van der Waals surface area contributed by atoms with Crippen molar-refractivity contribution in [3.8, 4) is 0 Å². The molecule has 0 spiro atoms. The minimum atomic E-state index is -0.499. The van der Waals surface area contributed by atoms with Crippen LogP contribution in [0.4, 0.5) is 5.69 Å². The molecule has 0 bridgehead atoms. The molecule has 0 aliphatic heterocycles. The minimum absolute atomic E-state index is 0.0409. The highest BCUT2D eigenvalue weighted by atomic mass is 16.3. The van der Waals surface area contributed by atoms with Crippen molar-refractivity contribution >= 4 is 22.5 Å². The number of aliphatic hydroxyl groups excluding tert-OH is 1. The smallest absolute Gasteiger partial charge is 0.256 e. The third kappa shape index (κ3) is 2.82. The first kappa shape index (κ1) is 16.0. The standard InChI is InChI=1S/C16H21N3O3/c1-3-10(2)19-9-11(16(22)18-7-8-20)15(21)14-12(17)5-4-6-13(14)19/h4-6,9-10,20H,3,7-8,17H2,1-2H3,(H,18,22). The van der Waals surface area contributed by atoms with Crippen LogP contribution >= 0.6 is 0 Å². The fourth-order valence-corrected chi connectivity index (χ4v) is 2.41. The van der Waals surface area contributed by atoms with Crippen LogP contribution < -0.4 is 16.5 Å². The van der Waals surface area contributed by atoms with E-state index in [1.165, 1.54) is 0 Å². The molecule has 0 saturated heterocycles. The van der Waals surface area contributed by atoms with Crippen LogP contribution in [-0.2, 0) is 0 Å². The van der Waals surface area contributed by atoms with Gasteiger partial charge in [0.2, 0.25) is 5.43 Å². The van der Waals surface area contributed by atoms with Crippen LogP contribution in [-0.4, -0.2) is 28.7 Å². The van der Waals surface area contributed by atoms with E-state index < -0.39 is 5.91 Å². The Hall–Kier alpha value is -2.34. The van der Waals surface area contributed by atoms with E-state index in [4.69, 9.17) is 10.8 Å². The lowest BCUT2D eigenvalue weighted by Gasteiger charge is -2.19. The highest BCUT2D eigenvalue weighted by Crippen LogP contribution is 2.22. The topological polar surface area (TPSA) is 97.4 Å². The van der Waals surface area contributed by atoms with Gasteiger partial charge in [-0.2, -0.15) is 0 Å². The number of nitrogens with two attached hydrogens (primary N) is 1. The second kappa shape index (κ2) is 6.62. The number of carbonyl (C=O) groups is 1. The van der Waals surface area contributed by atoms with E-state index in [0.29, 0.717) is 11.1 Å². The van der Waals surface area contributed by atoms with Gasteiger partial charge in [0.25, 0.3) is 5.91 Å². The van der Waals surface area contributed by atoms with E-state index in [-0.39, 0.29) is 30.2 Å². The zero-order chi connectivity index (χ0) is 16.3. The fourth-order valence-electron chi connectivity index (χ4n) is 2.41. The first-order valence-corrected chi connectivity index (χ1v) is 7.33. The monoisotopic (exact) mass is 303 g/mol. The number of anilines is 1. The first-order chi connectivity index (χ1) is 10.5. The summed E-state index contributed by atoms with van der Waals surface area (Å²) < 4.78 is 1.90. The molecule has 1 unspecified atom stereocenters. The highest BCUT2D eigenvalue weighted by Gasteiger charge is 2.18. The molecular weight excluding hydrogens is 282 g/mol. The van der Waals surface area contributed by atoms with Crippen molar-refractivity contribution < 1.29 is 9.90 Å². The van der Waals surface area contributed by atoms with Crippen LogP contribution in [0.15, 0.2) is 29.2 Å². The molecule has 0 aliphatic rings. The Labute approximate surface area is 128 Å². The molecule has 4 N–H and O–H groups in total. The van der Waals surface area contributed by atoms with Gasteiger partial charge in [-0.1, -0.05) is 13.0 Å². The maximum atomic E-state index is 12.6. The summed E-state index contributed by atoms with van der Waals surface area (Å²) in [6.07, 6.45) is 2.43. The van der Waals surface area contributed by atoms with Crippen LogP contribution in [0, 0.1) is 0 Å². The fraction of sp³-hybridized carbons (Fsp3) is 0.375. The van der Waals surface area contributed by atoms with Crippen molar-refractivity contribution in [2.24, 2.45) is 0 Å². The number of rotatable bonds is 5. The summed E-state index contributed by atoms with van der Waals surface area (Å²) in [5, 5.41) is 11.7. The normalized spacial score (nSPS) is 12.3. The predicted octanol–water partition coefficient (Wildman–Crippen LogP) is 1.28. The number of hydrogen-bond donors (Lipinski definition) is 3. The molecular formula is C16H21N3O3. The van der Waals surface area contributed by atoms with E-state index in [1.54, 1.807) is 18.3 Å². The van der Waals surface area contributed by atoms with E-state index in [1.807, 2.05) is 24.5 Å². The number of fused-ring (bicyclic) bond motifs is 1. The maximum absolute atomic E-state index is 12.6. The third-order valence-corrected chi connectivity index (χ3v) is 3.80. The highest BCUT2D eigenvalue weighted by molar-refractivity contribution is 6.00.